The molecular formula is C18H17NO5S. The van der Waals surface area contributed by atoms with Crippen LogP contribution in [0.15, 0.2) is 46.4 Å². The first kappa shape index (κ1) is 17.0. The first-order chi connectivity index (χ1) is 12.2. The summed E-state index contributed by atoms with van der Waals surface area (Å²) in [7, 11) is 1.60. The van der Waals surface area contributed by atoms with E-state index in [2.05, 4.69) is 4.98 Å². The standard InChI is InChI=1S/C18H17NO5S/c1-3-22-14-7-6-12(9-16(14)21-2)17-19-13(11-25-17)10-24-18(20)15-5-4-8-23-15/h4-9,11H,3,10H2,1-2H3. The number of carbonyl (C=O) groups is 1. The van der Waals surface area contributed by atoms with Crippen molar-refractivity contribution in [2.24, 2.45) is 0 Å². The first-order valence-corrected chi connectivity index (χ1v) is 8.55. The molecule has 2 heterocycles. The Bertz CT molecular complexity index is 841. The molecule has 0 aliphatic carbocycles. The molecule has 0 spiro atoms. The van der Waals surface area contributed by atoms with Crippen molar-refractivity contribution in [1.82, 2.24) is 4.98 Å². The zero-order valence-corrected chi connectivity index (χ0v) is 14.7. The molecule has 0 N–H and O–H groups in total. The van der Waals surface area contributed by atoms with E-state index in [-0.39, 0.29) is 12.4 Å². The molecule has 0 saturated heterocycles. The Labute approximate surface area is 149 Å². The molecule has 0 amide bonds. The second-order valence-electron chi connectivity index (χ2n) is 5.00. The third-order valence-corrected chi connectivity index (χ3v) is 4.28. The topological polar surface area (TPSA) is 70.8 Å². The number of carbonyl (C=O) groups excluding carboxylic acids is 1. The molecule has 0 bridgehead atoms. The van der Waals surface area contributed by atoms with Crippen LogP contribution in [0.4, 0.5) is 0 Å². The van der Waals surface area contributed by atoms with Gasteiger partial charge in [0.05, 0.1) is 25.7 Å². The van der Waals surface area contributed by atoms with Crippen LogP contribution >= 0.6 is 11.3 Å². The number of furan rings is 1. The number of aromatic nitrogens is 1. The molecule has 0 aliphatic rings. The quantitative estimate of drug-likeness (QED) is 0.590. The highest BCUT2D eigenvalue weighted by molar-refractivity contribution is 7.13. The van der Waals surface area contributed by atoms with Gasteiger partial charge in [0.1, 0.15) is 11.6 Å². The van der Waals surface area contributed by atoms with Crippen LogP contribution in [0.25, 0.3) is 10.6 Å². The summed E-state index contributed by atoms with van der Waals surface area (Å²) < 4.78 is 21.1. The number of hydrogen-bond acceptors (Lipinski definition) is 7. The summed E-state index contributed by atoms with van der Waals surface area (Å²) >= 11 is 1.47. The van der Waals surface area contributed by atoms with Gasteiger partial charge in [-0.2, -0.15) is 0 Å². The van der Waals surface area contributed by atoms with Crippen molar-refractivity contribution < 1.29 is 23.4 Å². The molecule has 6 nitrogen and oxygen atoms in total. The number of esters is 1. The van der Waals surface area contributed by atoms with E-state index in [0.717, 1.165) is 10.6 Å². The highest BCUT2D eigenvalue weighted by Crippen LogP contribution is 2.33. The summed E-state index contributed by atoms with van der Waals surface area (Å²) in [6.45, 7) is 2.58. The maximum atomic E-state index is 11.8. The number of rotatable bonds is 7. The monoisotopic (exact) mass is 359 g/mol. The minimum absolute atomic E-state index is 0.0875. The van der Waals surface area contributed by atoms with E-state index in [1.807, 2.05) is 30.5 Å². The number of methoxy groups -OCH3 is 1. The van der Waals surface area contributed by atoms with Gasteiger partial charge in [0.15, 0.2) is 11.5 Å². The number of thiazole rings is 1. The van der Waals surface area contributed by atoms with Crippen LogP contribution < -0.4 is 9.47 Å². The maximum absolute atomic E-state index is 11.8. The molecule has 0 unspecified atom stereocenters. The van der Waals surface area contributed by atoms with E-state index < -0.39 is 5.97 Å². The number of nitrogens with zero attached hydrogens (tertiary/aromatic N) is 1. The molecule has 0 radical (unpaired) electrons. The van der Waals surface area contributed by atoms with E-state index in [1.54, 1.807) is 19.2 Å². The largest absolute Gasteiger partial charge is 0.493 e. The predicted molar refractivity (Wildman–Crippen MR) is 93.1 cm³/mol. The molecule has 1 aromatic carbocycles. The molecule has 7 heteroatoms. The second kappa shape index (κ2) is 7.85. The Kier molecular flexibility index (Phi) is 5.35. The van der Waals surface area contributed by atoms with Crippen molar-refractivity contribution in [3.05, 3.63) is 53.4 Å². The van der Waals surface area contributed by atoms with Crippen LogP contribution in [-0.4, -0.2) is 24.7 Å². The van der Waals surface area contributed by atoms with Crippen LogP contribution in [-0.2, 0) is 11.3 Å². The van der Waals surface area contributed by atoms with E-state index in [1.165, 1.54) is 17.6 Å². The van der Waals surface area contributed by atoms with E-state index in [0.29, 0.717) is 23.8 Å². The fraction of sp³-hybridized carbons (Fsp3) is 0.222. The summed E-state index contributed by atoms with van der Waals surface area (Å²) in [5, 5.41) is 2.67. The molecule has 0 atom stereocenters. The van der Waals surface area contributed by atoms with Gasteiger partial charge in [0.2, 0.25) is 5.76 Å². The van der Waals surface area contributed by atoms with Crippen molar-refractivity contribution >= 4 is 17.3 Å². The molecule has 25 heavy (non-hydrogen) atoms. The Hall–Kier alpha value is -2.80. The summed E-state index contributed by atoms with van der Waals surface area (Å²) in [5.74, 6) is 1.01. The van der Waals surface area contributed by atoms with Crippen LogP contribution in [0.2, 0.25) is 0 Å². The molecule has 3 aromatic rings. The minimum Gasteiger partial charge on any atom is -0.493 e. The molecular weight excluding hydrogens is 342 g/mol. The van der Waals surface area contributed by atoms with Gasteiger partial charge in [-0.3, -0.25) is 0 Å². The van der Waals surface area contributed by atoms with E-state index >= 15 is 0 Å². The van der Waals surface area contributed by atoms with E-state index in [9.17, 15) is 4.79 Å². The minimum atomic E-state index is -0.512. The maximum Gasteiger partial charge on any atom is 0.374 e. The SMILES string of the molecule is CCOc1ccc(-c2nc(COC(=O)c3ccco3)cs2)cc1OC. The summed E-state index contributed by atoms with van der Waals surface area (Å²) in [6, 6.07) is 8.85. The highest BCUT2D eigenvalue weighted by atomic mass is 32.1. The molecule has 0 fully saturated rings. The normalized spacial score (nSPS) is 10.5. The molecule has 3 rings (SSSR count). The fourth-order valence-electron chi connectivity index (χ4n) is 2.19. The molecule has 0 saturated carbocycles. The van der Waals surface area contributed by atoms with Crippen molar-refractivity contribution in [3.8, 4) is 22.1 Å². The van der Waals surface area contributed by atoms with Crippen molar-refractivity contribution in [1.29, 1.82) is 0 Å². The average Bonchev–Trinajstić information content (AvgIpc) is 3.32. The second-order valence-corrected chi connectivity index (χ2v) is 5.85. The third-order valence-electron chi connectivity index (χ3n) is 3.34. The number of hydrogen-bond donors (Lipinski definition) is 0. The van der Waals surface area contributed by atoms with Gasteiger partial charge in [-0.25, -0.2) is 9.78 Å². The van der Waals surface area contributed by atoms with Gasteiger partial charge in [-0.1, -0.05) is 0 Å². The van der Waals surface area contributed by atoms with Crippen molar-refractivity contribution in [2.75, 3.05) is 13.7 Å². The van der Waals surface area contributed by atoms with Crippen LogP contribution in [0.5, 0.6) is 11.5 Å². The van der Waals surface area contributed by atoms with Gasteiger partial charge in [-0.05, 0) is 37.3 Å². The number of ether oxygens (including phenoxy) is 3. The summed E-state index contributed by atoms with van der Waals surface area (Å²) in [5.41, 5.74) is 1.58. The lowest BCUT2D eigenvalue weighted by atomic mass is 10.2. The Morgan fingerprint density at radius 3 is 2.88 bits per heavy atom. The van der Waals surface area contributed by atoms with Gasteiger partial charge < -0.3 is 18.6 Å². The fourth-order valence-corrected chi connectivity index (χ4v) is 2.99. The predicted octanol–water partition coefficient (Wildman–Crippen LogP) is 4.17. The Morgan fingerprint density at radius 2 is 2.16 bits per heavy atom. The zero-order chi connectivity index (χ0) is 17.6. The third kappa shape index (κ3) is 4.00. The van der Waals surface area contributed by atoms with E-state index in [4.69, 9.17) is 18.6 Å². The molecule has 0 aliphatic heterocycles. The first-order valence-electron chi connectivity index (χ1n) is 7.67. The average molecular weight is 359 g/mol. The van der Waals surface area contributed by atoms with Crippen molar-refractivity contribution in [2.45, 2.75) is 13.5 Å². The van der Waals surface area contributed by atoms with Gasteiger partial charge >= 0.3 is 5.97 Å². The zero-order valence-electron chi connectivity index (χ0n) is 13.9. The van der Waals surface area contributed by atoms with Gasteiger partial charge in [0.25, 0.3) is 0 Å². The summed E-state index contributed by atoms with van der Waals surface area (Å²) in [6.07, 6.45) is 1.43. The van der Waals surface area contributed by atoms with Crippen LogP contribution in [0, 0.1) is 0 Å². The van der Waals surface area contributed by atoms with Crippen LogP contribution in [0.1, 0.15) is 23.2 Å². The molecule has 2 aromatic heterocycles. The summed E-state index contributed by atoms with van der Waals surface area (Å²) in [4.78, 5) is 16.3. The lowest BCUT2D eigenvalue weighted by Gasteiger charge is -2.09. The van der Waals surface area contributed by atoms with Crippen molar-refractivity contribution in [3.63, 3.8) is 0 Å². The molecule has 130 valence electrons. The van der Waals surface area contributed by atoms with Crippen LogP contribution in [0.3, 0.4) is 0 Å². The lowest BCUT2D eigenvalue weighted by molar-refractivity contribution is 0.0432. The Balaban J connectivity index is 1.69. The number of benzene rings is 1. The Morgan fingerprint density at radius 1 is 1.28 bits per heavy atom. The lowest BCUT2D eigenvalue weighted by Crippen LogP contribution is -2.04. The van der Waals surface area contributed by atoms with Gasteiger partial charge in [0, 0.05) is 10.9 Å². The highest BCUT2D eigenvalue weighted by Gasteiger charge is 2.13. The smallest absolute Gasteiger partial charge is 0.374 e. The van der Waals surface area contributed by atoms with Gasteiger partial charge in [-0.15, -0.1) is 11.3 Å².